The number of hydrogen-bond donors (Lipinski definition) is 4. The lowest BCUT2D eigenvalue weighted by Crippen LogP contribution is -2.53. The molecule has 3 aliphatic heterocycles. The molecule has 3 aliphatic rings. The van der Waals surface area contributed by atoms with Gasteiger partial charge in [-0.15, -0.1) is 0 Å². The Morgan fingerprint density at radius 1 is 0.980 bits per heavy atom. The number of anilines is 3. The van der Waals surface area contributed by atoms with Gasteiger partial charge >= 0.3 is 12.1 Å². The number of piperidine rings is 1. The quantitative estimate of drug-likeness (QED) is 0.297. The number of rotatable bonds is 5. The van der Waals surface area contributed by atoms with Crippen molar-refractivity contribution in [3.63, 3.8) is 0 Å². The largest absolute Gasteiger partial charge is 0.417 e. The van der Waals surface area contributed by atoms with Gasteiger partial charge in [0, 0.05) is 57.6 Å². The van der Waals surface area contributed by atoms with E-state index in [9.17, 15) is 31.2 Å². The van der Waals surface area contributed by atoms with Gasteiger partial charge in [0.05, 0.1) is 16.0 Å². The molecule has 3 fully saturated rings. The van der Waals surface area contributed by atoms with E-state index in [0.29, 0.717) is 51.3 Å². The first-order valence-corrected chi connectivity index (χ1v) is 17.4. The monoisotopic (exact) mass is 735 g/mol. The minimum atomic E-state index is -4.50. The molecule has 15 nitrogen and oxygen atoms in total. The molecule has 3 aromatic rings. The lowest BCUT2D eigenvalue weighted by molar-refractivity contribution is -0.137. The van der Waals surface area contributed by atoms with Crippen LogP contribution in [0.4, 0.5) is 30.6 Å². The van der Waals surface area contributed by atoms with E-state index in [1.54, 1.807) is 15.9 Å². The molecule has 50 heavy (non-hydrogen) atoms. The van der Waals surface area contributed by atoms with Crippen molar-refractivity contribution in [3.05, 3.63) is 64.6 Å². The van der Waals surface area contributed by atoms with Crippen molar-refractivity contribution in [2.24, 2.45) is 4.99 Å². The number of guanidine groups is 1. The molecule has 2 amide bonds. The van der Waals surface area contributed by atoms with Crippen LogP contribution in [0.25, 0.3) is 0 Å². The predicted octanol–water partition coefficient (Wildman–Crippen LogP) is 1.97. The van der Waals surface area contributed by atoms with Gasteiger partial charge in [0.25, 0.3) is 5.91 Å². The number of pyridine rings is 1. The van der Waals surface area contributed by atoms with Crippen LogP contribution in [-0.2, 0) is 16.2 Å². The number of amides is 2. The van der Waals surface area contributed by atoms with Crippen molar-refractivity contribution in [2.75, 3.05) is 62.2 Å². The van der Waals surface area contributed by atoms with E-state index in [0.717, 1.165) is 12.3 Å². The van der Waals surface area contributed by atoms with Crippen molar-refractivity contribution in [1.29, 1.82) is 0 Å². The van der Waals surface area contributed by atoms with E-state index in [1.807, 2.05) is 0 Å². The third-order valence-electron chi connectivity index (χ3n) is 8.88. The van der Waals surface area contributed by atoms with Crippen LogP contribution in [0.2, 0.25) is 5.15 Å². The van der Waals surface area contributed by atoms with Gasteiger partial charge in [-0.3, -0.25) is 9.59 Å². The molecule has 1 aromatic carbocycles. The first-order valence-electron chi connectivity index (χ1n) is 15.6. The van der Waals surface area contributed by atoms with Crippen LogP contribution in [-0.4, -0.2) is 102 Å². The maximum Gasteiger partial charge on any atom is 0.417 e. The van der Waals surface area contributed by atoms with E-state index >= 15 is 0 Å². The van der Waals surface area contributed by atoms with Crippen LogP contribution in [0, 0.1) is 0 Å². The third kappa shape index (κ3) is 7.24. The number of sulfonamides is 1. The number of aromatic nitrogens is 3. The molecule has 0 unspecified atom stereocenters. The van der Waals surface area contributed by atoms with Crippen LogP contribution in [0.1, 0.15) is 45.7 Å². The minimum Gasteiger partial charge on any atom is -0.382 e. The first-order chi connectivity index (χ1) is 23.6. The van der Waals surface area contributed by atoms with Crippen molar-refractivity contribution < 1.29 is 31.2 Å². The first kappa shape index (κ1) is 35.1. The maximum absolute atomic E-state index is 13.7. The molecule has 0 atom stereocenters. The second-order valence-electron chi connectivity index (χ2n) is 12.1. The number of likely N-dealkylation sites (tertiary alicyclic amines) is 1. The zero-order valence-corrected chi connectivity index (χ0v) is 28.0. The number of nitrogens with two attached hydrogens (primary N) is 2. The highest BCUT2D eigenvalue weighted by Gasteiger charge is 2.41. The van der Waals surface area contributed by atoms with E-state index in [4.69, 9.17) is 23.1 Å². The number of aliphatic imine (C=N–C) groups is 1. The number of nitrogens with one attached hydrogen (secondary N) is 2. The van der Waals surface area contributed by atoms with Gasteiger partial charge < -0.3 is 31.9 Å². The Balaban J connectivity index is 1.06. The lowest BCUT2D eigenvalue weighted by Gasteiger charge is -2.38. The Bertz CT molecular complexity index is 1940. The van der Waals surface area contributed by atoms with Gasteiger partial charge in [0.2, 0.25) is 10.0 Å². The fraction of sp³-hybridized carbons (Fsp3) is 0.400. The van der Waals surface area contributed by atoms with Gasteiger partial charge in [0.1, 0.15) is 5.82 Å². The van der Waals surface area contributed by atoms with Crippen LogP contribution in [0.15, 0.2) is 52.5 Å². The Kier molecular flexibility index (Phi) is 9.49. The predicted molar refractivity (Wildman–Crippen MR) is 178 cm³/mol. The Hall–Kier alpha value is -4.75. The molecule has 266 valence electrons. The Morgan fingerprint density at radius 2 is 1.74 bits per heavy atom. The molecule has 2 aromatic heterocycles. The number of carbonyl (C=O) groups excluding carboxylic acids is 2. The number of carbonyl (C=O) groups is 2. The summed E-state index contributed by atoms with van der Waals surface area (Å²) in [5.41, 5.74) is 9.98. The van der Waals surface area contributed by atoms with E-state index in [2.05, 4.69) is 30.6 Å². The standard InChI is InChI=1S/C30H33ClF3N11O4S/c31-23-25(36)40-24(35)22(39-23)26(46)41-28-38-17-29(42-28)7-11-44(12-8-29)27(47)18-3-1-4-20(15-18)50(48,49)45-10-2-9-43(13-14-45)21-6-5-19(16-37-21)30(32,33)34/h1,3-6,15-16H,2,7-14,17H2,(H4,35,36,40)(H2,38,41,42,46). The lowest BCUT2D eigenvalue weighted by atomic mass is 9.88. The van der Waals surface area contributed by atoms with E-state index in [1.165, 1.54) is 28.6 Å². The summed E-state index contributed by atoms with van der Waals surface area (Å²) >= 11 is 5.88. The molecule has 5 heterocycles. The normalized spacial score (nSPS) is 19.2. The van der Waals surface area contributed by atoms with Gasteiger partial charge in [-0.25, -0.2) is 23.4 Å². The molecule has 0 aliphatic carbocycles. The number of halogens is 4. The molecule has 3 saturated heterocycles. The summed E-state index contributed by atoms with van der Waals surface area (Å²) in [7, 11) is -3.99. The minimum absolute atomic E-state index is 0.0298. The summed E-state index contributed by atoms with van der Waals surface area (Å²) in [6.45, 7) is 2.08. The summed E-state index contributed by atoms with van der Waals surface area (Å²) < 4.78 is 67.5. The van der Waals surface area contributed by atoms with Crippen molar-refractivity contribution in [1.82, 2.24) is 34.8 Å². The average molecular weight is 736 g/mol. The molecule has 0 saturated carbocycles. The van der Waals surface area contributed by atoms with Gasteiger partial charge in [-0.1, -0.05) is 17.7 Å². The fourth-order valence-corrected chi connectivity index (χ4v) is 7.72. The number of benzene rings is 1. The second kappa shape index (κ2) is 13.5. The maximum atomic E-state index is 13.7. The molecule has 0 bridgehead atoms. The Morgan fingerprint density at radius 3 is 2.44 bits per heavy atom. The molecule has 0 radical (unpaired) electrons. The summed E-state index contributed by atoms with van der Waals surface area (Å²) in [4.78, 5) is 45.2. The fourth-order valence-electron chi connectivity index (χ4n) is 6.08. The molecule has 6 N–H and O–H groups in total. The van der Waals surface area contributed by atoms with E-state index in [-0.39, 0.29) is 64.4 Å². The molecule has 1 spiro atoms. The second-order valence-corrected chi connectivity index (χ2v) is 14.4. The van der Waals surface area contributed by atoms with Crippen molar-refractivity contribution in [3.8, 4) is 0 Å². The van der Waals surface area contributed by atoms with Crippen molar-refractivity contribution in [2.45, 2.75) is 35.9 Å². The number of hydrogen-bond acceptors (Lipinski definition) is 10. The SMILES string of the molecule is Nc1nc(N)c(C(=O)/N=C2\NCC3(CCN(C(=O)c4cccc(S(=O)(=O)N5CCCN(c6ccc(C(F)(F)F)cn6)CC5)c4)CC3)N2)nc1Cl. The number of alkyl halides is 3. The third-order valence-corrected chi connectivity index (χ3v) is 11.1. The smallest absolute Gasteiger partial charge is 0.382 e. The van der Waals surface area contributed by atoms with Crippen LogP contribution in [0.5, 0.6) is 0 Å². The van der Waals surface area contributed by atoms with Gasteiger partial charge in [-0.05, 0) is 49.6 Å². The topological polar surface area (TPSA) is 205 Å². The van der Waals surface area contributed by atoms with Crippen LogP contribution >= 0.6 is 11.6 Å². The molecular weight excluding hydrogens is 703 g/mol. The molecule has 20 heteroatoms. The highest BCUT2D eigenvalue weighted by atomic mass is 35.5. The summed E-state index contributed by atoms with van der Waals surface area (Å²) in [5, 5.41) is 6.14. The Labute approximate surface area is 289 Å². The van der Waals surface area contributed by atoms with Crippen LogP contribution in [0.3, 0.4) is 0 Å². The molecular formula is C30H33ClF3N11O4S. The van der Waals surface area contributed by atoms with Crippen molar-refractivity contribution >= 4 is 56.9 Å². The van der Waals surface area contributed by atoms with Gasteiger partial charge in [-0.2, -0.15) is 22.5 Å². The zero-order valence-electron chi connectivity index (χ0n) is 26.5. The highest BCUT2D eigenvalue weighted by molar-refractivity contribution is 7.89. The zero-order chi connectivity index (χ0) is 35.8. The number of nitrogen functional groups attached to an aromatic ring is 2. The van der Waals surface area contributed by atoms with Gasteiger partial charge in [0.15, 0.2) is 28.4 Å². The highest BCUT2D eigenvalue weighted by Crippen LogP contribution is 2.30. The summed E-state index contributed by atoms with van der Waals surface area (Å²) in [6, 6.07) is 8.13. The molecule has 6 rings (SSSR count). The average Bonchev–Trinajstić information content (AvgIpc) is 3.29. The van der Waals surface area contributed by atoms with E-state index < -0.39 is 33.2 Å². The summed E-state index contributed by atoms with van der Waals surface area (Å²) in [5.74, 6) is -0.851. The number of nitrogens with zero attached hydrogens (tertiary/aromatic N) is 7. The van der Waals surface area contributed by atoms with Crippen LogP contribution < -0.4 is 27.0 Å². The summed E-state index contributed by atoms with van der Waals surface area (Å²) in [6.07, 6.45) is -2.27.